The Morgan fingerprint density at radius 3 is 2.58 bits per heavy atom. The Bertz CT molecular complexity index is 515. The van der Waals surface area contributed by atoms with Gasteiger partial charge in [0.05, 0.1) is 24.7 Å². The van der Waals surface area contributed by atoms with Crippen LogP contribution >= 0.6 is 0 Å². The summed E-state index contributed by atoms with van der Waals surface area (Å²) in [5.74, 6) is 0.451. The van der Waals surface area contributed by atoms with Crippen molar-refractivity contribution in [2.45, 2.75) is 24.5 Å². The van der Waals surface area contributed by atoms with Crippen LogP contribution in [0.4, 0.5) is 0 Å². The second-order valence-corrected chi connectivity index (χ2v) is 5.80. The van der Waals surface area contributed by atoms with Crippen LogP contribution in [0.25, 0.3) is 0 Å². The number of aliphatic hydroxyl groups is 1. The van der Waals surface area contributed by atoms with Gasteiger partial charge in [0.2, 0.25) is 10.0 Å². The van der Waals surface area contributed by atoms with E-state index in [-0.39, 0.29) is 24.2 Å². The maximum absolute atomic E-state index is 12.0. The van der Waals surface area contributed by atoms with Crippen molar-refractivity contribution in [2.75, 3.05) is 20.8 Å². The van der Waals surface area contributed by atoms with E-state index in [9.17, 15) is 13.5 Å². The maximum Gasteiger partial charge on any atom is 0.240 e. The molecule has 0 aliphatic heterocycles. The lowest BCUT2D eigenvalue weighted by molar-refractivity contribution is 0.122. The fourth-order valence-corrected chi connectivity index (χ4v) is 2.60. The van der Waals surface area contributed by atoms with Crippen LogP contribution in [0.1, 0.15) is 12.5 Å². The highest BCUT2D eigenvalue weighted by Gasteiger charge is 2.17. The second kappa shape index (κ2) is 6.85. The molecule has 0 radical (unpaired) electrons. The number of hydrogen-bond donors (Lipinski definition) is 2. The van der Waals surface area contributed by atoms with Gasteiger partial charge < -0.3 is 14.6 Å². The van der Waals surface area contributed by atoms with Gasteiger partial charge in [-0.1, -0.05) is 0 Å². The highest BCUT2D eigenvalue weighted by atomic mass is 32.2. The fourth-order valence-electron chi connectivity index (χ4n) is 1.44. The molecule has 0 spiro atoms. The minimum Gasteiger partial charge on any atom is -0.496 e. The van der Waals surface area contributed by atoms with E-state index in [1.807, 2.05) is 0 Å². The van der Waals surface area contributed by atoms with Crippen molar-refractivity contribution in [2.24, 2.45) is 0 Å². The van der Waals surface area contributed by atoms with E-state index in [1.165, 1.54) is 32.4 Å². The van der Waals surface area contributed by atoms with E-state index in [0.717, 1.165) is 0 Å². The van der Waals surface area contributed by atoms with Crippen LogP contribution in [0.2, 0.25) is 0 Å². The van der Waals surface area contributed by atoms with Crippen molar-refractivity contribution < 1.29 is 23.0 Å². The number of benzene rings is 1. The minimum absolute atomic E-state index is 0.0839. The molecule has 0 amide bonds. The van der Waals surface area contributed by atoms with Crippen molar-refractivity contribution in [1.82, 2.24) is 4.72 Å². The molecule has 108 valence electrons. The van der Waals surface area contributed by atoms with Crippen molar-refractivity contribution in [3.63, 3.8) is 0 Å². The molecule has 2 N–H and O–H groups in total. The molecule has 19 heavy (non-hydrogen) atoms. The molecule has 0 saturated heterocycles. The lowest BCUT2D eigenvalue weighted by atomic mass is 10.2. The van der Waals surface area contributed by atoms with Gasteiger partial charge in [-0.2, -0.15) is 0 Å². The third-order valence-electron chi connectivity index (χ3n) is 2.70. The van der Waals surface area contributed by atoms with Crippen LogP contribution < -0.4 is 9.46 Å². The summed E-state index contributed by atoms with van der Waals surface area (Å²) in [7, 11) is -0.650. The summed E-state index contributed by atoms with van der Waals surface area (Å²) in [6, 6.07) is 4.33. The van der Waals surface area contributed by atoms with E-state index >= 15 is 0 Å². The standard InChI is InChI=1S/C12H19NO5S/c1-9(17-2)7-13-19(15,16)11-4-5-12(18-3)10(6-11)8-14/h4-6,9,13-14H,7-8H2,1-3H3. The van der Waals surface area contributed by atoms with Crippen molar-refractivity contribution >= 4 is 10.0 Å². The summed E-state index contributed by atoms with van der Waals surface area (Å²) in [4.78, 5) is 0.0839. The molecule has 1 aromatic rings. The maximum atomic E-state index is 12.0. The Labute approximate surface area is 113 Å². The predicted molar refractivity (Wildman–Crippen MR) is 70.6 cm³/mol. The molecule has 0 aliphatic rings. The summed E-state index contributed by atoms with van der Waals surface area (Å²) >= 11 is 0. The second-order valence-electron chi connectivity index (χ2n) is 4.03. The molecule has 1 unspecified atom stereocenters. The molecule has 0 heterocycles. The molecular weight excluding hydrogens is 270 g/mol. The smallest absolute Gasteiger partial charge is 0.240 e. The van der Waals surface area contributed by atoms with Gasteiger partial charge in [-0.3, -0.25) is 0 Å². The summed E-state index contributed by atoms with van der Waals surface area (Å²) in [5, 5.41) is 9.18. The lowest BCUT2D eigenvalue weighted by Gasteiger charge is -2.13. The van der Waals surface area contributed by atoms with Crippen LogP contribution in [-0.4, -0.2) is 40.4 Å². The van der Waals surface area contributed by atoms with Crippen LogP contribution in [0.15, 0.2) is 23.1 Å². The van der Waals surface area contributed by atoms with Crippen molar-refractivity contribution in [3.05, 3.63) is 23.8 Å². The SMILES string of the molecule is COc1ccc(S(=O)(=O)NCC(C)OC)cc1CO. The molecule has 1 rings (SSSR count). The molecule has 0 bridgehead atoms. The fraction of sp³-hybridized carbons (Fsp3) is 0.500. The molecule has 0 saturated carbocycles. The zero-order valence-corrected chi connectivity index (χ0v) is 12.0. The number of aliphatic hydroxyl groups excluding tert-OH is 1. The van der Waals surface area contributed by atoms with Crippen molar-refractivity contribution in [3.8, 4) is 5.75 Å². The molecule has 7 heteroatoms. The first-order valence-electron chi connectivity index (χ1n) is 5.74. The minimum atomic E-state index is -3.62. The lowest BCUT2D eigenvalue weighted by Crippen LogP contribution is -2.31. The van der Waals surface area contributed by atoms with E-state index in [2.05, 4.69) is 4.72 Å². The predicted octanol–water partition coefficient (Wildman–Crippen LogP) is 0.501. The number of sulfonamides is 1. The van der Waals surface area contributed by atoms with Gasteiger partial charge in [0, 0.05) is 19.2 Å². The van der Waals surface area contributed by atoms with Gasteiger partial charge >= 0.3 is 0 Å². The van der Waals surface area contributed by atoms with E-state index in [1.54, 1.807) is 6.92 Å². The Morgan fingerprint density at radius 1 is 1.37 bits per heavy atom. The average molecular weight is 289 g/mol. The van der Waals surface area contributed by atoms with Crippen LogP contribution in [-0.2, 0) is 21.4 Å². The van der Waals surface area contributed by atoms with Crippen LogP contribution in [0.5, 0.6) is 5.75 Å². The van der Waals surface area contributed by atoms with Gasteiger partial charge in [0.25, 0.3) is 0 Å². The van der Waals surface area contributed by atoms with E-state index in [4.69, 9.17) is 9.47 Å². The molecule has 1 aromatic carbocycles. The highest BCUT2D eigenvalue weighted by Crippen LogP contribution is 2.22. The first-order chi connectivity index (χ1) is 8.94. The zero-order chi connectivity index (χ0) is 14.5. The van der Waals surface area contributed by atoms with Crippen LogP contribution in [0, 0.1) is 0 Å². The van der Waals surface area contributed by atoms with Gasteiger partial charge in [-0.25, -0.2) is 13.1 Å². The summed E-state index contributed by atoms with van der Waals surface area (Å²) in [6.45, 7) is 1.65. The van der Waals surface area contributed by atoms with Crippen molar-refractivity contribution in [1.29, 1.82) is 0 Å². The summed E-state index contributed by atoms with van der Waals surface area (Å²) in [5.41, 5.74) is 0.421. The molecular formula is C12H19NO5S. The molecule has 6 nitrogen and oxygen atoms in total. The topological polar surface area (TPSA) is 84.9 Å². The average Bonchev–Trinajstić information content (AvgIpc) is 2.43. The Morgan fingerprint density at radius 2 is 2.05 bits per heavy atom. The quantitative estimate of drug-likeness (QED) is 0.763. The molecule has 0 aliphatic carbocycles. The molecule has 1 atom stereocenters. The largest absolute Gasteiger partial charge is 0.496 e. The number of methoxy groups -OCH3 is 2. The highest BCUT2D eigenvalue weighted by molar-refractivity contribution is 7.89. The van der Waals surface area contributed by atoms with Gasteiger partial charge in [-0.15, -0.1) is 0 Å². The van der Waals surface area contributed by atoms with Gasteiger partial charge in [0.1, 0.15) is 5.75 Å². The summed E-state index contributed by atoms with van der Waals surface area (Å²) < 4.78 is 36.5. The number of rotatable bonds is 7. The number of nitrogens with one attached hydrogen (secondary N) is 1. The molecule has 0 aromatic heterocycles. The van der Waals surface area contributed by atoms with Gasteiger partial charge in [0.15, 0.2) is 0 Å². The van der Waals surface area contributed by atoms with Crippen LogP contribution in [0.3, 0.4) is 0 Å². The first kappa shape index (κ1) is 15.9. The van der Waals surface area contributed by atoms with Gasteiger partial charge in [-0.05, 0) is 25.1 Å². The van der Waals surface area contributed by atoms with E-state index in [0.29, 0.717) is 11.3 Å². The zero-order valence-electron chi connectivity index (χ0n) is 11.2. The Hall–Kier alpha value is -1.15. The number of hydrogen-bond acceptors (Lipinski definition) is 5. The summed E-state index contributed by atoms with van der Waals surface area (Å²) in [6.07, 6.45) is -0.217. The monoisotopic (exact) mass is 289 g/mol. The normalized spacial score (nSPS) is 13.3. The Balaban J connectivity index is 2.95. The molecule has 0 fully saturated rings. The first-order valence-corrected chi connectivity index (χ1v) is 7.23. The Kier molecular flexibility index (Phi) is 5.74. The number of ether oxygens (including phenoxy) is 2. The van der Waals surface area contributed by atoms with E-state index < -0.39 is 10.0 Å². The third kappa shape index (κ3) is 4.17. The third-order valence-corrected chi connectivity index (χ3v) is 4.12.